The van der Waals surface area contributed by atoms with E-state index in [1.165, 1.54) is 0 Å². The van der Waals surface area contributed by atoms with Gasteiger partial charge < -0.3 is 4.98 Å². The molecule has 0 aliphatic carbocycles. The molecule has 0 saturated heterocycles. The van der Waals surface area contributed by atoms with Crippen LogP contribution in [0.4, 0.5) is 0 Å². The summed E-state index contributed by atoms with van der Waals surface area (Å²) in [5.41, 5.74) is 2.09. The van der Waals surface area contributed by atoms with Crippen molar-refractivity contribution in [1.29, 1.82) is 5.26 Å². The molecule has 2 aromatic rings. The van der Waals surface area contributed by atoms with Crippen LogP contribution in [0.5, 0.6) is 0 Å². The zero-order valence-electron chi connectivity index (χ0n) is 7.83. The van der Waals surface area contributed by atoms with E-state index < -0.39 is 0 Å². The number of nitrogens with one attached hydrogen (secondary N) is 1. The number of hydrogen-bond donors (Lipinski definition) is 1. The zero-order chi connectivity index (χ0) is 9.80. The van der Waals surface area contributed by atoms with E-state index >= 15 is 0 Å². The number of hydrogen-bond acceptors (Lipinski definition) is 2. The number of nitrogens with zero attached hydrogens (tertiary/aromatic N) is 2. The van der Waals surface area contributed by atoms with Crippen LogP contribution in [0.2, 0.25) is 0 Å². The smallest absolute Gasteiger partial charge is 0.137 e. The second-order valence-corrected chi connectivity index (χ2v) is 3.25. The minimum Gasteiger partial charge on any atom is -0.343 e. The SMILES string of the molecule is N#CCCCc1cc2cccnc2[nH]1. The summed E-state index contributed by atoms with van der Waals surface area (Å²) in [5, 5.41) is 9.55. The molecule has 0 unspecified atom stereocenters. The molecule has 0 atom stereocenters. The largest absolute Gasteiger partial charge is 0.343 e. The highest BCUT2D eigenvalue weighted by Gasteiger charge is 1.99. The van der Waals surface area contributed by atoms with Gasteiger partial charge in [-0.15, -0.1) is 0 Å². The molecule has 2 aromatic heterocycles. The Morgan fingerprint density at radius 3 is 3.21 bits per heavy atom. The van der Waals surface area contributed by atoms with E-state index in [1.807, 2.05) is 12.1 Å². The van der Waals surface area contributed by atoms with Gasteiger partial charge >= 0.3 is 0 Å². The van der Waals surface area contributed by atoms with Gasteiger partial charge in [0.15, 0.2) is 0 Å². The summed E-state index contributed by atoms with van der Waals surface area (Å²) in [6.45, 7) is 0. The van der Waals surface area contributed by atoms with E-state index in [-0.39, 0.29) is 0 Å². The third kappa shape index (κ3) is 1.74. The van der Waals surface area contributed by atoms with Crippen molar-refractivity contribution in [3.8, 4) is 6.07 Å². The Bertz CT molecular complexity index is 432. The van der Waals surface area contributed by atoms with Crippen LogP contribution < -0.4 is 0 Å². The Labute approximate surface area is 82.4 Å². The summed E-state index contributed by atoms with van der Waals surface area (Å²) in [6.07, 6.45) is 4.22. The lowest BCUT2D eigenvalue weighted by atomic mass is 10.2. The standard InChI is InChI=1S/C11H11N3/c12-6-2-1-5-10-8-9-4-3-7-13-11(9)14-10/h3-4,7-8H,1-2,5H2,(H,13,14). The highest BCUT2D eigenvalue weighted by atomic mass is 14.8. The lowest BCUT2D eigenvalue weighted by molar-refractivity contribution is 0.832. The number of H-pyrrole nitrogens is 1. The number of rotatable bonds is 3. The van der Waals surface area contributed by atoms with Crippen molar-refractivity contribution < 1.29 is 0 Å². The van der Waals surface area contributed by atoms with E-state index in [0.29, 0.717) is 6.42 Å². The van der Waals surface area contributed by atoms with Crippen molar-refractivity contribution in [1.82, 2.24) is 9.97 Å². The van der Waals surface area contributed by atoms with Gasteiger partial charge in [0, 0.05) is 23.7 Å². The molecular weight excluding hydrogens is 174 g/mol. The molecule has 14 heavy (non-hydrogen) atoms. The topological polar surface area (TPSA) is 52.5 Å². The van der Waals surface area contributed by atoms with Gasteiger partial charge in [-0.2, -0.15) is 5.26 Å². The fraction of sp³-hybridized carbons (Fsp3) is 0.273. The second-order valence-electron chi connectivity index (χ2n) is 3.25. The summed E-state index contributed by atoms with van der Waals surface area (Å²) in [4.78, 5) is 7.44. The molecule has 0 spiro atoms. The fourth-order valence-corrected chi connectivity index (χ4v) is 1.51. The molecule has 70 valence electrons. The van der Waals surface area contributed by atoms with E-state index in [2.05, 4.69) is 22.1 Å². The Kier molecular flexibility index (Phi) is 2.46. The Morgan fingerprint density at radius 2 is 2.43 bits per heavy atom. The van der Waals surface area contributed by atoms with Gasteiger partial charge in [-0.3, -0.25) is 0 Å². The van der Waals surface area contributed by atoms with Crippen molar-refractivity contribution >= 4 is 11.0 Å². The fourth-order valence-electron chi connectivity index (χ4n) is 1.51. The van der Waals surface area contributed by atoms with Crippen LogP contribution in [0.25, 0.3) is 11.0 Å². The van der Waals surface area contributed by atoms with Crippen LogP contribution in [0.1, 0.15) is 18.5 Å². The first kappa shape index (κ1) is 8.76. The number of nitriles is 1. The molecule has 0 saturated carbocycles. The number of fused-ring (bicyclic) bond motifs is 1. The number of aryl methyl sites for hydroxylation is 1. The summed E-state index contributed by atoms with van der Waals surface area (Å²) >= 11 is 0. The molecule has 0 aromatic carbocycles. The van der Waals surface area contributed by atoms with Crippen molar-refractivity contribution in [2.45, 2.75) is 19.3 Å². The molecule has 3 heteroatoms. The van der Waals surface area contributed by atoms with Crippen LogP contribution >= 0.6 is 0 Å². The first-order chi connectivity index (χ1) is 6.90. The molecule has 1 N–H and O–H groups in total. The predicted octanol–water partition coefficient (Wildman–Crippen LogP) is 2.41. The second kappa shape index (κ2) is 3.93. The molecule has 0 radical (unpaired) electrons. The van der Waals surface area contributed by atoms with Crippen molar-refractivity contribution in [2.75, 3.05) is 0 Å². The third-order valence-corrected chi connectivity index (χ3v) is 2.18. The Balaban J connectivity index is 2.15. The molecule has 0 aliphatic heterocycles. The van der Waals surface area contributed by atoms with E-state index in [4.69, 9.17) is 5.26 Å². The van der Waals surface area contributed by atoms with E-state index in [9.17, 15) is 0 Å². The van der Waals surface area contributed by atoms with Crippen LogP contribution in [-0.4, -0.2) is 9.97 Å². The average molecular weight is 185 g/mol. The van der Waals surface area contributed by atoms with Crippen LogP contribution in [0.3, 0.4) is 0 Å². The van der Waals surface area contributed by atoms with E-state index in [0.717, 1.165) is 29.6 Å². The number of pyridine rings is 1. The lowest BCUT2D eigenvalue weighted by Crippen LogP contribution is -1.83. The summed E-state index contributed by atoms with van der Waals surface area (Å²) in [7, 11) is 0. The van der Waals surface area contributed by atoms with Crippen LogP contribution in [0, 0.1) is 11.3 Å². The van der Waals surface area contributed by atoms with Crippen LogP contribution in [0.15, 0.2) is 24.4 Å². The van der Waals surface area contributed by atoms with Crippen molar-refractivity contribution in [3.63, 3.8) is 0 Å². The average Bonchev–Trinajstić information content (AvgIpc) is 2.60. The maximum absolute atomic E-state index is 8.41. The lowest BCUT2D eigenvalue weighted by Gasteiger charge is -1.91. The molecule has 2 heterocycles. The number of aromatic amines is 1. The summed E-state index contributed by atoms with van der Waals surface area (Å²) in [6, 6.07) is 8.20. The zero-order valence-corrected chi connectivity index (χ0v) is 7.83. The molecule has 0 fully saturated rings. The molecule has 0 amide bonds. The maximum Gasteiger partial charge on any atom is 0.137 e. The highest BCUT2D eigenvalue weighted by molar-refractivity contribution is 5.76. The Morgan fingerprint density at radius 1 is 1.50 bits per heavy atom. The van der Waals surface area contributed by atoms with Crippen molar-refractivity contribution in [2.24, 2.45) is 0 Å². The minimum absolute atomic E-state index is 0.614. The van der Waals surface area contributed by atoms with Gasteiger partial charge in [0.1, 0.15) is 5.65 Å². The molecule has 3 nitrogen and oxygen atoms in total. The molecular formula is C11H11N3. The van der Waals surface area contributed by atoms with Gasteiger partial charge in [-0.05, 0) is 31.0 Å². The normalized spacial score (nSPS) is 10.2. The number of unbranched alkanes of at least 4 members (excludes halogenated alkanes) is 1. The minimum atomic E-state index is 0.614. The predicted molar refractivity (Wildman–Crippen MR) is 54.6 cm³/mol. The maximum atomic E-state index is 8.41. The van der Waals surface area contributed by atoms with Crippen molar-refractivity contribution in [3.05, 3.63) is 30.1 Å². The first-order valence-corrected chi connectivity index (χ1v) is 4.70. The molecule has 0 bridgehead atoms. The highest BCUT2D eigenvalue weighted by Crippen LogP contribution is 2.13. The van der Waals surface area contributed by atoms with Gasteiger partial charge in [0.25, 0.3) is 0 Å². The van der Waals surface area contributed by atoms with Gasteiger partial charge in [0.2, 0.25) is 0 Å². The third-order valence-electron chi connectivity index (χ3n) is 2.18. The van der Waals surface area contributed by atoms with Gasteiger partial charge in [0.05, 0.1) is 6.07 Å². The van der Waals surface area contributed by atoms with Gasteiger partial charge in [-0.25, -0.2) is 4.98 Å². The van der Waals surface area contributed by atoms with Crippen LogP contribution in [-0.2, 0) is 6.42 Å². The molecule has 2 rings (SSSR count). The first-order valence-electron chi connectivity index (χ1n) is 4.70. The molecule has 0 aliphatic rings. The Hall–Kier alpha value is -1.82. The quantitative estimate of drug-likeness (QED) is 0.746. The van der Waals surface area contributed by atoms with Gasteiger partial charge in [-0.1, -0.05) is 0 Å². The number of aromatic nitrogens is 2. The van der Waals surface area contributed by atoms with E-state index in [1.54, 1.807) is 6.20 Å². The summed E-state index contributed by atoms with van der Waals surface area (Å²) < 4.78 is 0. The summed E-state index contributed by atoms with van der Waals surface area (Å²) in [5.74, 6) is 0. The monoisotopic (exact) mass is 185 g/mol.